The van der Waals surface area contributed by atoms with E-state index in [9.17, 15) is 13.6 Å². The van der Waals surface area contributed by atoms with Gasteiger partial charge in [0, 0.05) is 12.1 Å². The fourth-order valence-corrected chi connectivity index (χ4v) is 2.63. The summed E-state index contributed by atoms with van der Waals surface area (Å²) in [6.45, 7) is 0.449. The Hall–Kier alpha value is -1.53. The van der Waals surface area contributed by atoms with Crippen molar-refractivity contribution in [1.82, 2.24) is 5.32 Å². The average molecular weight is 299 g/mol. The summed E-state index contributed by atoms with van der Waals surface area (Å²) in [5.74, 6) is -2.49. The van der Waals surface area contributed by atoms with E-state index in [1.807, 2.05) is 0 Å². The molecule has 1 aromatic rings. The fourth-order valence-electron chi connectivity index (χ4n) is 2.63. The van der Waals surface area contributed by atoms with Gasteiger partial charge in [-0.05, 0) is 31.0 Å². The zero-order valence-corrected chi connectivity index (χ0v) is 11.7. The second-order valence-corrected chi connectivity index (χ2v) is 5.27. The van der Waals surface area contributed by atoms with Gasteiger partial charge in [0.05, 0.1) is 18.8 Å². The maximum absolute atomic E-state index is 13.1. The van der Waals surface area contributed by atoms with Crippen LogP contribution < -0.4 is 5.32 Å². The van der Waals surface area contributed by atoms with Crippen LogP contribution >= 0.6 is 0 Å². The van der Waals surface area contributed by atoms with Gasteiger partial charge >= 0.3 is 0 Å². The van der Waals surface area contributed by atoms with E-state index in [0.29, 0.717) is 6.54 Å². The average Bonchev–Trinajstić information content (AvgIpc) is 2.95. The summed E-state index contributed by atoms with van der Waals surface area (Å²) in [6.07, 6.45) is 3.63. The van der Waals surface area contributed by atoms with Crippen LogP contribution in [-0.4, -0.2) is 36.4 Å². The molecule has 0 heterocycles. The number of nitrogens with one attached hydrogen (secondary N) is 1. The summed E-state index contributed by atoms with van der Waals surface area (Å²) < 4.78 is 31.6. The lowest BCUT2D eigenvalue weighted by Crippen LogP contribution is -2.43. The van der Waals surface area contributed by atoms with Crippen LogP contribution in [0.3, 0.4) is 0 Å². The van der Waals surface area contributed by atoms with Gasteiger partial charge in [-0.1, -0.05) is 12.8 Å². The summed E-state index contributed by atoms with van der Waals surface area (Å²) in [5, 5.41) is 11.6. The number of aliphatic hydroxyl groups is 1. The van der Waals surface area contributed by atoms with Crippen LogP contribution in [0.1, 0.15) is 36.0 Å². The van der Waals surface area contributed by atoms with Crippen LogP contribution in [0.4, 0.5) is 8.78 Å². The van der Waals surface area contributed by atoms with Crippen molar-refractivity contribution in [1.29, 1.82) is 0 Å². The van der Waals surface area contributed by atoms with Gasteiger partial charge in [-0.3, -0.25) is 4.79 Å². The molecule has 0 saturated heterocycles. The van der Waals surface area contributed by atoms with E-state index in [1.54, 1.807) is 0 Å². The number of carbonyl (C=O) groups excluding carboxylic acids is 1. The third-order valence-corrected chi connectivity index (χ3v) is 3.77. The molecule has 1 aliphatic rings. The van der Waals surface area contributed by atoms with E-state index in [0.717, 1.165) is 37.8 Å². The van der Waals surface area contributed by atoms with Crippen molar-refractivity contribution in [3.05, 3.63) is 35.4 Å². The summed E-state index contributed by atoms with van der Waals surface area (Å²) in [5.41, 5.74) is -0.388. The molecular weight excluding hydrogens is 280 g/mol. The Morgan fingerprint density at radius 1 is 1.29 bits per heavy atom. The topological polar surface area (TPSA) is 58.6 Å². The van der Waals surface area contributed by atoms with Crippen molar-refractivity contribution < 1.29 is 23.4 Å². The van der Waals surface area contributed by atoms with Crippen LogP contribution in [0.5, 0.6) is 0 Å². The number of hydrogen-bond donors (Lipinski definition) is 2. The molecule has 0 unspecified atom stereocenters. The Morgan fingerprint density at radius 3 is 2.62 bits per heavy atom. The van der Waals surface area contributed by atoms with Crippen molar-refractivity contribution >= 4 is 5.91 Å². The first-order valence-electron chi connectivity index (χ1n) is 7.04. The van der Waals surface area contributed by atoms with Gasteiger partial charge in [-0.2, -0.15) is 0 Å². The van der Waals surface area contributed by atoms with E-state index in [4.69, 9.17) is 9.84 Å². The summed E-state index contributed by atoms with van der Waals surface area (Å²) in [4.78, 5) is 12.0. The van der Waals surface area contributed by atoms with E-state index in [2.05, 4.69) is 5.32 Å². The van der Waals surface area contributed by atoms with E-state index < -0.39 is 23.1 Å². The van der Waals surface area contributed by atoms with Gasteiger partial charge in [0.2, 0.25) is 0 Å². The van der Waals surface area contributed by atoms with Gasteiger partial charge in [0.25, 0.3) is 5.91 Å². The molecule has 21 heavy (non-hydrogen) atoms. The molecule has 4 nitrogen and oxygen atoms in total. The standard InChI is InChI=1S/C15H19F2NO3/c16-12-4-3-11(9-13(12)17)14(20)18-10-15(21-8-7-19)5-1-2-6-15/h3-4,9,19H,1-2,5-8,10H2,(H,18,20). The molecule has 0 spiro atoms. The zero-order valence-electron chi connectivity index (χ0n) is 11.7. The molecule has 1 fully saturated rings. The highest BCUT2D eigenvalue weighted by atomic mass is 19.2. The molecule has 1 aliphatic carbocycles. The highest BCUT2D eigenvalue weighted by Gasteiger charge is 2.35. The molecule has 6 heteroatoms. The van der Waals surface area contributed by atoms with Gasteiger partial charge in [-0.15, -0.1) is 0 Å². The first-order chi connectivity index (χ1) is 10.1. The number of aliphatic hydroxyl groups excluding tert-OH is 1. The summed E-state index contributed by atoms with van der Waals surface area (Å²) in [7, 11) is 0. The molecule has 0 bridgehead atoms. The minimum Gasteiger partial charge on any atom is -0.394 e. The van der Waals surface area contributed by atoms with Gasteiger partial charge in [-0.25, -0.2) is 8.78 Å². The molecule has 1 aromatic carbocycles. The van der Waals surface area contributed by atoms with E-state index in [-0.39, 0.29) is 18.8 Å². The molecule has 2 N–H and O–H groups in total. The van der Waals surface area contributed by atoms with Crippen molar-refractivity contribution in [2.45, 2.75) is 31.3 Å². The van der Waals surface area contributed by atoms with Crippen LogP contribution in [-0.2, 0) is 4.74 Å². The predicted molar refractivity (Wildman–Crippen MR) is 72.9 cm³/mol. The van der Waals surface area contributed by atoms with Crippen molar-refractivity contribution in [2.24, 2.45) is 0 Å². The van der Waals surface area contributed by atoms with Gasteiger partial charge < -0.3 is 15.2 Å². The van der Waals surface area contributed by atoms with E-state index in [1.165, 1.54) is 6.07 Å². The molecule has 2 rings (SSSR count). The minimum atomic E-state index is -1.05. The fraction of sp³-hybridized carbons (Fsp3) is 0.533. The molecule has 1 amide bonds. The molecule has 116 valence electrons. The lowest BCUT2D eigenvalue weighted by molar-refractivity contribution is -0.0511. The Morgan fingerprint density at radius 2 is 2.00 bits per heavy atom. The monoisotopic (exact) mass is 299 g/mol. The Balaban J connectivity index is 1.96. The smallest absolute Gasteiger partial charge is 0.251 e. The third kappa shape index (κ3) is 3.98. The molecule has 0 atom stereocenters. The number of carbonyl (C=O) groups is 1. The second kappa shape index (κ2) is 6.95. The second-order valence-electron chi connectivity index (χ2n) is 5.27. The Bertz CT molecular complexity index is 502. The molecule has 0 radical (unpaired) electrons. The lowest BCUT2D eigenvalue weighted by Gasteiger charge is -2.29. The number of benzene rings is 1. The number of amides is 1. The lowest BCUT2D eigenvalue weighted by atomic mass is 10.0. The number of hydrogen-bond acceptors (Lipinski definition) is 3. The van der Waals surface area contributed by atoms with Crippen LogP contribution in [0, 0.1) is 11.6 Å². The SMILES string of the molecule is O=C(NCC1(OCCO)CCCC1)c1ccc(F)c(F)c1. The zero-order chi connectivity index (χ0) is 15.3. The molecular formula is C15H19F2NO3. The largest absolute Gasteiger partial charge is 0.394 e. The van der Waals surface area contributed by atoms with Gasteiger partial charge in [0.1, 0.15) is 0 Å². The predicted octanol–water partition coefficient (Wildman–Crippen LogP) is 2.02. The summed E-state index contributed by atoms with van der Waals surface area (Å²) >= 11 is 0. The highest BCUT2D eigenvalue weighted by Crippen LogP contribution is 2.32. The van der Waals surface area contributed by atoms with Crippen molar-refractivity contribution in [3.8, 4) is 0 Å². The third-order valence-electron chi connectivity index (χ3n) is 3.77. The summed E-state index contributed by atoms with van der Waals surface area (Å²) in [6, 6.07) is 3.04. The number of rotatable bonds is 6. The van der Waals surface area contributed by atoms with Crippen LogP contribution in [0.25, 0.3) is 0 Å². The molecule has 0 aromatic heterocycles. The first-order valence-corrected chi connectivity index (χ1v) is 7.04. The van der Waals surface area contributed by atoms with Crippen molar-refractivity contribution in [2.75, 3.05) is 19.8 Å². The van der Waals surface area contributed by atoms with E-state index >= 15 is 0 Å². The Labute approximate surface area is 122 Å². The minimum absolute atomic E-state index is 0.0706. The quantitative estimate of drug-likeness (QED) is 0.845. The number of halogens is 2. The van der Waals surface area contributed by atoms with Crippen LogP contribution in [0.2, 0.25) is 0 Å². The molecule has 0 aliphatic heterocycles. The Kier molecular flexibility index (Phi) is 5.25. The maximum atomic E-state index is 13.1. The normalized spacial score (nSPS) is 16.9. The van der Waals surface area contributed by atoms with Crippen molar-refractivity contribution in [3.63, 3.8) is 0 Å². The number of ether oxygens (including phenoxy) is 1. The first kappa shape index (κ1) is 15.9. The van der Waals surface area contributed by atoms with Crippen LogP contribution in [0.15, 0.2) is 18.2 Å². The van der Waals surface area contributed by atoms with Gasteiger partial charge in [0.15, 0.2) is 11.6 Å². The maximum Gasteiger partial charge on any atom is 0.251 e. The molecule has 1 saturated carbocycles. The highest BCUT2D eigenvalue weighted by molar-refractivity contribution is 5.94.